The zero-order chi connectivity index (χ0) is 19.7. The van der Waals surface area contributed by atoms with E-state index in [-0.39, 0.29) is 29.2 Å². The Morgan fingerprint density at radius 2 is 2.18 bits per heavy atom. The largest absolute Gasteiger partial charge is 0.337 e. The van der Waals surface area contributed by atoms with Crippen LogP contribution in [0.1, 0.15) is 40.9 Å². The number of hydrogen-bond acceptors (Lipinski definition) is 8. The van der Waals surface area contributed by atoms with Crippen molar-refractivity contribution in [2.24, 2.45) is 0 Å². The van der Waals surface area contributed by atoms with Crippen molar-refractivity contribution in [1.29, 1.82) is 0 Å². The summed E-state index contributed by atoms with van der Waals surface area (Å²) >= 11 is 1.37. The second-order valence-electron chi connectivity index (χ2n) is 6.29. The molecule has 1 amide bonds. The number of aromatic nitrogens is 3. The predicted molar refractivity (Wildman–Crippen MR) is 97.8 cm³/mol. The van der Waals surface area contributed by atoms with E-state index in [1.54, 1.807) is 11.0 Å². The minimum atomic E-state index is -4.89. The number of carbonyl (C=O) groups excluding carboxylic acids is 1. The van der Waals surface area contributed by atoms with Crippen LogP contribution in [0.25, 0.3) is 11.4 Å². The highest BCUT2D eigenvalue weighted by molar-refractivity contribution is 7.86. The van der Waals surface area contributed by atoms with Gasteiger partial charge in [-0.3, -0.25) is 9.78 Å². The minimum absolute atomic E-state index is 0.0853. The number of pyridine rings is 1. The summed E-state index contributed by atoms with van der Waals surface area (Å²) in [5.41, 5.74) is 0.209. The van der Waals surface area contributed by atoms with Crippen LogP contribution in [0.4, 0.5) is 3.89 Å². The van der Waals surface area contributed by atoms with Gasteiger partial charge in [0, 0.05) is 24.5 Å². The Balaban J connectivity index is 1.63. The van der Waals surface area contributed by atoms with Gasteiger partial charge in [-0.05, 0) is 36.8 Å². The van der Waals surface area contributed by atoms with Crippen LogP contribution in [0.2, 0.25) is 0 Å². The van der Waals surface area contributed by atoms with Gasteiger partial charge in [-0.1, -0.05) is 11.2 Å². The third-order valence-electron chi connectivity index (χ3n) is 4.48. The molecule has 1 aliphatic heterocycles. The van der Waals surface area contributed by atoms with E-state index in [1.807, 2.05) is 11.4 Å². The average molecular weight is 422 g/mol. The molecular formula is C17H15FN4O4S2. The van der Waals surface area contributed by atoms with E-state index in [4.69, 9.17) is 4.52 Å². The van der Waals surface area contributed by atoms with E-state index in [2.05, 4.69) is 15.1 Å². The molecule has 1 fully saturated rings. The van der Waals surface area contributed by atoms with Crippen LogP contribution >= 0.6 is 11.3 Å². The third kappa shape index (κ3) is 3.67. The molecule has 0 saturated carbocycles. The maximum atomic E-state index is 13.2. The molecule has 0 aliphatic carbocycles. The van der Waals surface area contributed by atoms with Crippen LogP contribution < -0.4 is 0 Å². The van der Waals surface area contributed by atoms with Crippen LogP contribution in [-0.2, 0) is 10.2 Å². The molecule has 11 heteroatoms. The van der Waals surface area contributed by atoms with Crippen LogP contribution in [0, 0.1) is 0 Å². The number of halogens is 1. The fourth-order valence-corrected chi connectivity index (χ4v) is 4.27. The minimum Gasteiger partial charge on any atom is -0.337 e. The first-order valence-corrected chi connectivity index (χ1v) is 10.8. The van der Waals surface area contributed by atoms with Gasteiger partial charge in [0.25, 0.3) is 5.91 Å². The standard InChI is InChI=1S/C17H15FN4O4S2/c18-28(24,25)12-8-11(9-19-10-12)15-20-16(26-21-15)13-4-1-2-6-22(13)17(23)14-5-3-7-27-14/h3,5,7-10,13H,1-2,4,6H2. The average Bonchev–Trinajstić information content (AvgIpc) is 3.39. The van der Waals surface area contributed by atoms with Crippen molar-refractivity contribution >= 4 is 27.5 Å². The smallest absolute Gasteiger partial charge is 0.333 e. The van der Waals surface area contributed by atoms with Gasteiger partial charge < -0.3 is 9.42 Å². The Kier molecular flexibility index (Phi) is 4.94. The SMILES string of the molecule is O=C(c1cccs1)N1CCCCC1c1nc(-c2cncc(S(=O)(=O)F)c2)no1. The Hall–Kier alpha value is -2.66. The number of thiophene rings is 1. The maximum absolute atomic E-state index is 13.2. The van der Waals surface area contributed by atoms with Crippen molar-refractivity contribution in [3.8, 4) is 11.4 Å². The second kappa shape index (κ2) is 7.40. The molecule has 1 unspecified atom stereocenters. The Morgan fingerprint density at radius 1 is 1.32 bits per heavy atom. The van der Waals surface area contributed by atoms with Gasteiger partial charge in [0.1, 0.15) is 10.9 Å². The van der Waals surface area contributed by atoms with Crippen LogP contribution in [0.3, 0.4) is 0 Å². The zero-order valence-corrected chi connectivity index (χ0v) is 16.1. The summed E-state index contributed by atoms with van der Waals surface area (Å²) in [6.45, 7) is 0.580. The van der Waals surface area contributed by atoms with E-state index in [1.165, 1.54) is 17.5 Å². The predicted octanol–water partition coefficient (Wildman–Crippen LogP) is 3.22. The number of nitrogens with zero attached hydrogens (tertiary/aromatic N) is 4. The van der Waals surface area contributed by atoms with Gasteiger partial charge in [0.2, 0.25) is 11.7 Å². The molecule has 4 rings (SSSR count). The van der Waals surface area contributed by atoms with E-state index < -0.39 is 15.1 Å². The lowest BCUT2D eigenvalue weighted by molar-refractivity contribution is 0.0566. The summed E-state index contributed by atoms with van der Waals surface area (Å²) in [6.07, 6.45) is 4.69. The highest BCUT2D eigenvalue weighted by Gasteiger charge is 2.33. The lowest BCUT2D eigenvalue weighted by atomic mass is 10.0. The van der Waals surface area contributed by atoms with Crippen molar-refractivity contribution in [2.75, 3.05) is 6.54 Å². The molecule has 1 aliphatic rings. The Labute approximate surface area is 164 Å². The molecule has 3 aromatic heterocycles. The van der Waals surface area contributed by atoms with Crippen LogP contribution in [-0.4, -0.2) is 40.9 Å². The van der Waals surface area contributed by atoms with E-state index in [0.717, 1.165) is 25.1 Å². The maximum Gasteiger partial charge on any atom is 0.333 e. The Morgan fingerprint density at radius 3 is 2.93 bits per heavy atom. The van der Waals surface area contributed by atoms with E-state index in [0.29, 0.717) is 17.8 Å². The van der Waals surface area contributed by atoms with Gasteiger partial charge in [-0.15, -0.1) is 15.2 Å². The van der Waals surface area contributed by atoms with Gasteiger partial charge in [-0.2, -0.15) is 13.4 Å². The number of piperidine rings is 1. The topological polar surface area (TPSA) is 106 Å². The first-order chi connectivity index (χ1) is 13.4. The molecule has 28 heavy (non-hydrogen) atoms. The van der Waals surface area contributed by atoms with Gasteiger partial charge >= 0.3 is 10.2 Å². The summed E-state index contributed by atoms with van der Waals surface area (Å²) in [5, 5.41) is 5.71. The van der Waals surface area contributed by atoms with Gasteiger partial charge in [-0.25, -0.2) is 0 Å². The molecule has 0 aromatic carbocycles. The summed E-state index contributed by atoms with van der Waals surface area (Å²) < 4.78 is 40.7. The molecule has 8 nitrogen and oxygen atoms in total. The van der Waals surface area contributed by atoms with Crippen molar-refractivity contribution < 1.29 is 21.6 Å². The van der Waals surface area contributed by atoms with Crippen LogP contribution in [0.15, 0.2) is 45.4 Å². The normalized spacial score (nSPS) is 17.6. The van der Waals surface area contributed by atoms with Gasteiger partial charge in [0.15, 0.2) is 0 Å². The van der Waals surface area contributed by atoms with Crippen molar-refractivity contribution in [1.82, 2.24) is 20.0 Å². The quantitative estimate of drug-likeness (QED) is 0.594. The first kappa shape index (κ1) is 18.7. The molecule has 1 atom stereocenters. The molecule has 3 aromatic rings. The van der Waals surface area contributed by atoms with Crippen LogP contribution in [0.5, 0.6) is 0 Å². The first-order valence-electron chi connectivity index (χ1n) is 8.51. The monoisotopic (exact) mass is 422 g/mol. The fourth-order valence-electron chi connectivity index (χ4n) is 3.14. The summed E-state index contributed by atoms with van der Waals surface area (Å²) in [4.78, 5) is 22.6. The second-order valence-corrected chi connectivity index (χ2v) is 8.59. The summed E-state index contributed by atoms with van der Waals surface area (Å²) in [5.74, 6) is 0.252. The molecule has 0 spiro atoms. The lowest BCUT2D eigenvalue weighted by Crippen LogP contribution is -2.38. The lowest BCUT2D eigenvalue weighted by Gasteiger charge is -2.33. The molecule has 0 N–H and O–H groups in total. The molecular weight excluding hydrogens is 407 g/mol. The van der Waals surface area contributed by atoms with E-state index >= 15 is 0 Å². The molecule has 0 bridgehead atoms. The number of likely N-dealkylation sites (tertiary alicyclic amines) is 1. The highest BCUT2D eigenvalue weighted by Crippen LogP contribution is 2.33. The summed E-state index contributed by atoms with van der Waals surface area (Å²) in [7, 11) is -4.89. The molecule has 146 valence electrons. The third-order valence-corrected chi connectivity index (χ3v) is 6.12. The fraction of sp³-hybridized carbons (Fsp3) is 0.294. The van der Waals surface area contributed by atoms with Gasteiger partial charge in [0.05, 0.1) is 4.88 Å². The number of carbonyl (C=O) groups is 1. The summed E-state index contributed by atoms with van der Waals surface area (Å²) in [6, 6.07) is 4.31. The number of hydrogen-bond donors (Lipinski definition) is 0. The molecule has 1 saturated heterocycles. The highest BCUT2D eigenvalue weighted by atomic mass is 32.3. The van der Waals surface area contributed by atoms with E-state index in [9.17, 15) is 17.1 Å². The molecule has 0 radical (unpaired) electrons. The number of amides is 1. The Bertz CT molecular complexity index is 1100. The number of rotatable bonds is 4. The van der Waals surface area contributed by atoms with Crippen molar-refractivity contribution in [2.45, 2.75) is 30.2 Å². The molecule has 4 heterocycles. The van der Waals surface area contributed by atoms with Crippen molar-refractivity contribution in [3.05, 3.63) is 46.7 Å². The van der Waals surface area contributed by atoms with Crippen molar-refractivity contribution in [3.63, 3.8) is 0 Å². The zero-order valence-electron chi connectivity index (χ0n) is 14.5.